The van der Waals surface area contributed by atoms with Crippen molar-refractivity contribution in [3.8, 4) is 0 Å². The molecule has 0 aliphatic heterocycles. The molecule has 0 N–H and O–H groups in total. The Kier molecular flexibility index (Phi) is 3.67. The molecule has 0 aliphatic carbocycles. The normalized spacial score (nSPS) is 10.8. The van der Waals surface area contributed by atoms with Crippen LogP contribution < -0.4 is 0 Å². The third-order valence-corrected chi connectivity index (χ3v) is 2.80. The maximum atomic E-state index is 11.8. The largest absolute Gasteiger partial charge is 0.460 e. The second kappa shape index (κ2) is 5.23. The number of hydrogen-bond donors (Lipinski definition) is 0. The predicted molar refractivity (Wildman–Crippen MR) is 67.6 cm³/mol. The number of methoxy groups -OCH3 is 1. The molecule has 2 aromatic rings. The van der Waals surface area contributed by atoms with Crippen LogP contribution in [0.5, 0.6) is 0 Å². The number of esters is 1. The minimum absolute atomic E-state index is 0.274. The van der Waals surface area contributed by atoms with Crippen molar-refractivity contribution in [2.75, 3.05) is 13.7 Å². The second-order valence-corrected chi connectivity index (χ2v) is 4.00. The minimum Gasteiger partial charge on any atom is -0.460 e. The van der Waals surface area contributed by atoms with Gasteiger partial charge in [-0.25, -0.2) is 4.79 Å². The highest BCUT2D eigenvalue weighted by Crippen LogP contribution is 2.29. The smallest absolute Gasteiger partial charge is 0.374 e. The average Bonchev–Trinajstić information content (AvgIpc) is 2.69. The lowest BCUT2D eigenvalue weighted by Crippen LogP contribution is -2.04. The zero-order chi connectivity index (χ0) is 13.1. The summed E-state index contributed by atoms with van der Waals surface area (Å²) in [5.41, 5.74) is 2.49. The van der Waals surface area contributed by atoms with Gasteiger partial charge in [0.25, 0.3) is 0 Å². The number of ether oxygens (including phenoxy) is 2. The Morgan fingerprint density at radius 3 is 2.83 bits per heavy atom. The molecule has 0 bridgehead atoms. The Balaban J connectivity index is 2.56. The topological polar surface area (TPSA) is 48.7 Å². The molecular formula is C14H16O4. The van der Waals surface area contributed by atoms with Crippen LogP contribution in [0.15, 0.2) is 22.6 Å². The number of rotatable bonds is 4. The van der Waals surface area contributed by atoms with Crippen molar-refractivity contribution in [1.82, 2.24) is 0 Å². The van der Waals surface area contributed by atoms with Crippen molar-refractivity contribution in [3.63, 3.8) is 0 Å². The van der Waals surface area contributed by atoms with E-state index in [-0.39, 0.29) is 5.76 Å². The van der Waals surface area contributed by atoms with E-state index < -0.39 is 5.97 Å². The first-order valence-electron chi connectivity index (χ1n) is 5.86. The van der Waals surface area contributed by atoms with Crippen LogP contribution in [-0.2, 0) is 16.1 Å². The molecule has 96 valence electrons. The van der Waals surface area contributed by atoms with Gasteiger partial charge in [0.2, 0.25) is 5.76 Å². The summed E-state index contributed by atoms with van der Waals surface area (Å²) < 4.78 is 15.7. The van der Waals surface area contributed by atoms with E-state index in [1.54, 1.807) is 14.0 Å². The average molecular weight is 248 g/mol. The first kappa shape index (κ1) is 12.6. The van der Waals surface area contributed by atoms with E-state index in [0.29, 0.717) is 18.8 Å². The molecule has 0 amide bonds. The number of hydrogen-bond acceptors (Lipinski definition) is 4. The van der Waals surface area contributed by atoms with E-state index in [1.165, 1.54) is 0 Å². The first-order valence-corrected chi connectivity index (χ1v) is 5.86. The standard InChI is InChI=1S/C14H16O4/c1-4-17-14(15)13-9(2)12-10(8-16-3)6-5-7-11(12)18-13/h5-7H,4,8H2,1-3H3. The fraction of sp³-hybridized carbons (Fsp3) is 0.357. The molecular weight excluding hydrogens is 232 g/mol. The van der Waals surface area contributed by atoms with Crippen LogP contribution in [0.1, 0.15) is 28.6 Å². The Morgan fingerprint density at radius 2 is 2.17 bits per heavy atom. The first-order chi connectivity index (χ1) is 8.69. The van der Waals surface area contributed by atoms with Gasteiger partial charge >= 0.3 is 5.97 Å². The van der Waals surface area contributed by atoms with Crippen molar-refractivity contribution in [1.29, 1.82) is 0 Å². The van der Waals surface area contributed by atoms with Gasteiger partial charge in [0.05, 0.1) is 13.2 Å². The van der Waals surface area contributed by atoms with Crippen LogP contribution >= 0.6 is 0 Å². The lowest BCUT2D eigenvalue weighted by Gasteiger charge is -2.01. The Morgan fingerprint density at radius 1 is 1.39 bits per heavy atom. The molecule has 0 fully saturated rings. The SMILES string of the molecule is CCOC(=O)c1oc2cccc(COC)c2c1C. The molecule has 1 aromatic carbocycles. The van der Waals surface area contributed by atoms with Gasteiger partial charge in [0.1, 0.15) is 5.58 Å². The summed E-state index contributed by atoms with van der Waals surface area (Å²) in [6.45, 7) is 4.45. The summed E-state index contributed by atoms with van der Waals surface area (Å²) in [6.07, 6.45) is 0. The minimum atomic E-state index is -0.422. The van der Waals surface area contributed by atoms with Crippen molar-refractivity contribution < 1.29 is 18.7 Å². The van der Waals surface area contributed by atoms with Gasteiger partial charge in [0, 0.05) is 18.1 Å². The molecule has 0 aliphatic rings. The van der Waals surface area contributed by atoms with E-state index in [2.05, 4.69) is 0 Å². The summed E-state index contributed by atoms with van der Waals surface area (Å²) in [4.78, 5) is 11.8. The third-order valence-electron chi connectivity index (χ3n) is 2.80. The van der Waals surface area contributed by atoms with Crippen molar-refractivity contribution in [2.45, 2.75) is 20.5 Å². The molecule has 4 heteroatoms. The Bertz CT molecular complexity index is 568. The predicted octanol–water partition coefficient (Wildman–Crippen LogP) is 3.06. The zero-order valence-electron chi connectivity index (χ0n) is 10.8. The van der Waals surface area contributed by atoms with Crippen LogP contribution in [0.2, 0.25) is 0 Å². The fourth-order valence-electron chi connectivity index (χ4n) is 2.05. The highest BCUT2D eigenvalue weighted by atomic mass is 16.5. The van der Waals surface area contributed by atoms with Gasteiger partial charge in [-0.1, -0.05) is 12.1 Å². The van der Waals surface area contributed by atoms with Crippen LogP contribution in [0.25, 0.3) is 11.0 Å². The number of aryl methyl sites for hydroxylation is 1. The zero-order valence-corrected chi connectivity index (χ0v) is 10.8. The number of furan rings is 1. The fourth-order valence-corrected chi connectivity index (χ4v) is 2.05. The number of fused-ring (bicyclic) bond motifs is 1. The Labute approximate surface area is 105 Å². The van der Waals surface area contributed by atoms with E-state index in [1.807, 2.05) is 25.1 Å². The van der Waals surface area contributed by atoms with Gasteiger partial charge in [-0.05, 0) is 25.5 Å². The van der Waals surface area contributed by atoms with Crippen molar-refractivity contribution >= 4 is 16.9 Å². The molecule has 0 unspecified atom stereocenters. The van der Waals surface area contributed by atoms with Crippen molar-refractivity contribution in [3.05, 3.63) is 35.1 Å². The quantitative estimate of drug-likeness (QED) is 0.780. The highest BCUT2D eigenvalue weighted by Gasteiger charge is 2.20. The second-order valence-electron chi connectivity index (χ2n) is 4.00. The number of benzene rings is 1. The van der Waals surface area contributed by atoms with E-state index in [9.17, 15) is 4.79 Å². The number of carbonyl (C=O) groups is 1. The summed E-state index contributed by atoms with van der Waals surface area (Å²) in [5, 5.41) is 0.933. The molecule has 4 nitrogen and oxygen atoms in total. The van der Waals surface area contributed by atoms with E-state index >= 15 is 0 Å². The molecule has 0 radical (unpaired) electrons. The van der Waals surface area contributed by atoms with Gasteiger partial charge in [0.15, 0.2) is 0 Å². The molecule has 0 saturated carbocycles. The lowest BCUT2D eigenvalue weighted by atomic mass is 10.1. The van der Waals surface area contributed by atoms with E-state index in [4.69, 9.17) is 13.9 Å². The van der Waals surface area contributed by atoms with Crippen LogP contribution in [0, 0.1) is 6.92 Å². The van der Waals surface area contributed by atoms with Crippen molar-refractivity contribution in [2.24, 2.45) is 0 Å². The maximum absolute atomic E-state index is 11.8. The Hall–Kier alpha value is -1.81. The summed E-state index contributed by atoms with van der Waals surface area (Å²) >= 11 is 0. The molecule has 18 heavy (non-hydrogen) atoms. The highest BCUT2D eigenvalue weighted by molar-refractivity contribution is 5.97. The molecule has 0 saturated heterocycles. The van der Waals surface area contributed by atoms with Gasteiger partial charge in [-0.2, -0.15) is 0 Å². The lowest BCUT2D eigenvalue weighted by molar-refractivity contribution is 0.0491. The third kappa shape index (κ3) is 2.11. The number of carbonyl (C=O) groups excluding carboxylic acids is 1. The molecule has 2 rings (SSSR count). The maximum Gasteiger partial charge on any atom is 0.374 e. The summed E-state index contributed by atoms with van der Waals surface area (Å²) in [5.74, 6) is -0.148. The van der Waals surface area contributed by atoms with Crippen LogP contribution in [0.3, 0.4) is 0 Å². The van der Waals surface area contributed by atoms with Gasteiger partial charge in [-0.15, -0.1) is 0 Å². The van der Waals surface area contributed by atoms with Gasteiger partial charge < -0.3 is 13.9 Å². The van der Waals surface area contributed by atoms with Crippen LogP contribution in [-0.4, -0.2) is 19.7 Å². The molecule has 0 atom stereocenters. The van der Waals surface area contributed by atoms with Gasteiger partial charge in [-0.3, -0.25) is 0 Å². The summed E-state index contributed by atoms with van der Waals surface area (Å²) in [6, 6.07) is 5.68. The van der Waals surface area contributed by atoms with E-state index in [0.717, 1.165) is 16.5 Å². The molecule has 0 spiro atoms. The monoisotopic (exact) mass is 248 g/mol. The van der Waals surface area contributed by atoms with Crippen LogP contribution in [0.4, 0.5) is 0 Å². The summed E-state index contributed by atoms with van der Waals surface area (Å²) in [7, 11) is 1.64. The molecule has 1 aromatic heterocycles. The molecule has 1 heterocycles.